The molecule has 0 radical (unpaired) electrons. The molecule has 2 N–H and O–H groups in total. The van der Waals surface area contributed by atoms with Gasteiger partial charge in [-0.1, -0.05) is 32.8 Å². The monoisotopic (exact) mass is 256 g/mol. The lowest BCUT2D eigenvalue weighted by Gasteiger charge is -2.19. The molecule has 18 heavy (non-hydrogen) atoms. The first-order valence-electron chi connectivity index (χ1n) is 6.32. The fourth-order valence-corrected chi connectivity index (χ4v) is 1.52. The van der Waals surface area contributed by atoms with E-state index < -0.39 is 5.97 Å². The Bertz CT molecular complexity index is 277. The Labute approximate surface area is 109 Å². The first-order chi connectivity index (χ1) is 8.47. The molecule has 0 aromatic heterocycles. The SMILES string of the molecule is C=CCN(CC(=O)O)C(=O)NCCCCC(C)C. The van der Waals surface area contributed by atoms with E-state index in [1.165, 1.54) is 11.0 Å². The van der Waals surface area contributed by atoms with E-state index in [4.69, 9.17) is 5.11 Å². The number of nitrogens with one attached hydrogen (secondary N) is 1. The van der Waals surface area contributed by atoms with Crippen LogP contribution in [0.3, 0.4) is 0 Å². The van der Waals surface area contributed by atoms with Gasteiger partial charge >= 0.3 is 12.0 Å². The number of carbonyl (C=O) groups excluding carboxylic acids is 1. The number of carboxylic acid groups (broad SMARTS) is 1. The third-order valence-electron chi connectivity index (χ3n) is 2.45. The number of carboxylic acids is 1. The van der Waals surface area contributed by atoms with E-state index in [0.717, 1.165) is 19.3 Å². The highest BCUT2D eigenvalue weighted by Gasteiger charge is 2.14. The number of unbranched alkanes of at least 4 members (excludes halogenated alkanes) is 1. The van der Waals surface area contributed by atoms with E-state index in [9.17, 15) is 9.59 Å². The second-order valence-electron chi connectivity index (χ2n) is 4.68. The van der Waals surface area contributed by atoms with Crippen LogP contribution in [0.15, 0.2) is 12.7 Å². The van der Waals surface area contributed by atoms with E-state index in [-0.39, 0.29) is 19.1 Å². The van der Waals surface area contributed by atoms with Gasteiger partial charge in [0.1, 0.15) is 6.54 Å². The van der Waals surface area contributed by atoms with Gasteiger partial charge in [-0.15, -0.1) is 6.58 Å². The van der Waals surface area contributed by atoms with Crippen molar-refractivity contribution in [1.82, 2.24) is 10.2 Å². The summed E-state index contributed by atoms with van der Waals surface area (Å²) < 4.78 is 0. The topological polar surface area (TPSA) is 69.6 Å². The predicted octanol–water partition coefficient (Wildman–Crippen LogP) is 2.09. The van der Waals surface area contributed by atoms with Crippen LogP contribution in [-0.4, -0.2) is 41.6 Å². The summed E-state index contributed by atoms with van der Waals surface area (Å²) in [6.07, 6.45) is 4.64. The highest BCUT2D eigenvalue weighted by molar-refractivity contribution is 5.80. The van der Waals surface area contributed by atoms with Crippen LogP contribution in [0.25, 0.3) is 0 Å². The van der Waals surface area contributed by atoms with Crippen LogP contribution in [0.5, 0.6) is 0 Å². The summed E-state index contributed by atoms with van der Waals surface area (Å²) >= 11 is 0. The molecule has 104 valence electrons. The summed E-state index contributed by atoms with van der Waals surface area (Å²) in [7, 11) is 0. The number of urea groups is 1. The normalized spacial score (nSPS) is 10.2. The van der Waals surface area contributed by atoms with Gasteiger partial charge in [0.25, 0.3) is 0 Å². The van der Waals surface area contributed by atoms with Gasteiger partial charge in [0.15, 0.2) is 0 Å². The Balaban J connectivity index is 3.88. The number of hydrogen-bond donors (Lipinski definition) is 2. The van der Waals surface area contributed by atoms with Crippen LogP contribution in [0.4, 0.5) is 4.79 Å². The molecular formula is C13H24N2O3. The standard InChI is InChI=1S/C13H24N2O3/c1-4-9-15(10-12(16)17)13(18)14-8-6-5-7-11(2)3/h4,11H,1,5-10H2,2-3H3,(H,14,18)(H,16,17). The third-order valence-corrected chi connectivity index (χ3v) is 2.45. The maximum Gasteiger partial charge on any atom is 0.323 e. The van der Waals surface area contributed by atoms with E-state index >= 15 is 0 Å². The molecule has 0 rings (SSSR count). The Hall–Kier alpha value is -1.52. The van der Waals surface area contributed by atoms with Gasteiger partial charge in [0.05, 0.1) is 0 Å². The minimum Gasteiger partial charge on any atom is -0.480 e. The van der Waals surface area contributed by atoms with Gasteiger partial charge in [0, 0.05) is 13.1 Å². The molecule has 0 saturated carbocycles. The van der Waals surface area contributed by atoms with Gasteiger partial charge in [0.2, 0.25) is 0 Å². The van der Waals surface area contributed by atoms with E-state index in [2.05, 4.69) is 25.7 Å². The van der Waals surface area contributed by atoms with Gasteiger partial charge in [-0.3, -0.25) is 4.79 Å². The van der Waals surface area contributed by atoms with Crippen molar-refractivity contribution in [3.8, 4) is 0 Å². The van der Waals surface area contributed by atoms with Crippen LogP contribution in [0, 0.1) is 5.92 Å². The van der Waals surface area contributed by atoms with Crippen LogP contribution in [0.1, 0.15) is 33.1 Å². The van der Waals surface area contributed by atoms with Crippen molar-refractivity contribution in [2.75, 3.05) is 19.6 Å². The molecule has 5 nitrogen and oxygen atoms in total. The fourth-order valence-electron chi connectivity index (χ4n) is 1.52. The summed E-state index contributed by atoms with van der Waals surface area (Å²) in [5.74, 6) is -0.350. The van der Waals surface area contributed by atoms with Crippen molar-refractivity contribution < 1.29 is 14.7 Å². The molecule has 0 fully saturated rings. The molecule has 2 amide bonds. The molecule has 0 spiro atoms. The van der Waals surface area contributed by atoms with Crippen LogP contribution in [-0.2, 0) is 4.79 Å². The number of nitrogens with zero attached hydrogens (tertiary/aromatic N) is 1. The molecule has 0 heterocycles. The maximum atomic E-state index is 11.7. The quantitative estimate of drug-likeness (QED) is 0.490. The highest BCUT2D eigenvalue weighted by Crippen LogP contribution is 2.05. The number of hydrogen-bond acceptors (Lipinski definition) is 2. The van der Waals surface area contributed by atoms with Gasteiger partial charge in [-0.05, 0) is 12.3 Å². The minimum atomic E-state index is -1.02. The molecular weight excluding hydrogens is 232 g/mol. The number of amides is 2. The second kappa shape index (κ2) is 9.50. The molecule has 0 aromatic rings. The first kappa shape index (κ1) is 16.5. The lowest BCUT2D eigenvalue weighted by atomic mass is 10.1. The van der Waals surface area contributed by atoms with Crippen molar-refractivity contribution in [1.29, 1.82) is 0 Å². The third kappa shape index (κ3) is 8.61. The van der Waals surface area contributed by atoms with Crippen LogP contribution < -0.4 is 5.32 Å². The lowest BCUT2D eigenvalue weighted by Crippen LogP contribution is -2.43. The molecule has 5 heteroatoms. The van der Waals surface area contributed by atoms with Gasteiger partial charge < -0.3 is 15.3 Å². The smallest absolute Gasteiger partial charge is 0.323 e. The van der Waals surface area contributed by atoms with Crippen LogP contribution >= 0.6 is 0 Å². The highest BCUT2D eigenvalue weighted by atomic mass is 16.4. The largest absolute Gasteiger partial charge is 0.480 e. The average molecular weight is 256 g/mol. The number of carbonyl (C=O) groups is 2. The Kier molecular flexibility index (Phi) is 8.70. The molecule has 0 aliphatic carbocycles. The van der Waals surface area contributed by atoms with Crippen molar-refractivity contribution in [2.45, 2.75) is 33.1 Å². The molecule has 0 atom stereocenters. The molecule has 0 unspecified atom stereocenters. The number of rotatable bonds is 9. The summed E-state index contributed by atoms with van der Waals surface area (Å²) in [6.45, 7) is 8.35. The molecule has 0 aliphatic rings. The molecule has 0 bridgehead atoms. The molecule has 0 saturated heterocycles. The average Bonchev–Trinajstić information content (AvgIpc) is 2.26. The summed E-state index contributed by atoms with van der Waals surface area (Å²) in [5.41, 5.74) is 0. The summed E-state index contributed by atoms with van der Waals surface area (Å²) in [5, 5.41) is 11.4. The summed E-state index contributed by atoms with van der Waals surface area (Å²) in [4.78, 5) is 23.5. The van der Waals surface area contributed by atoms with Crippen molar-refractivity contribution in [2.24, 2.45) is 5.92 Å². The zero-order valence-electron chi connectivity index (χ0n) is 11.3. The zero-order chi connectivity index (χ0) is 14.0. The van der Waals surface area contributed by atoms with Crippen molar-refractivity contribution >= 4 is 12.0 Å². The maximum absolute atomic E-state index is 11.7. The second-order valence-corrected chi connectivity index (χ2v) is 4.68. The molecule has 0 aliphatic heterocycles. The Morgan fingerprint density at radius 3 is 2.56 bits per heavy atom. The van der Waals surface area contributed by atoms with Crippen molar-refractivity contribution in [3.05, 3.63) is 12.7 Å². The molecule has 0 aromatic carbocycles. The fraction of sp³-hybridized carbons (Fsp3) is 0.692. The van der Waals surface area contributed by atoms with E-state index in [1.54, 1.807) is 0 Å². The Morgan fingerprint density at radius 1 is 1.39 bits per heavy atom. The van der Waals surface area contributed by atoms with Crippen molar-refractivity contribution in [3.63, 3.8) is 0 Å². The summed E-state index contributed by atoms with van der Waals surface area (Å²) in [6, 6.07) is -0.346. The number of aliphatic carboxylic acids is 1. The predicted molar refractivity (Wildman–Crippen MR) is 71.5 cm³/mol. The Morgan fingerprint density at radius 2 is 2.06 bits per heavy atom. The first-order valence-corrected chi connectivity index (χ1v) is 6.32. The van der Waals surface area contributed by atoms with Crippen LogP contribution in [0.2, 0.25) is 0 Å². The minimum absolute atomic E-state index is 0.240. The van der Waals surface area contributed by atoms with E-state index in [1.807, 2.05) is 0 Å². The van der Waals surface area contributed by atoms with Gasteiger partial charge in [-0.25, -0.2) is 4.79 Å². The zero-order valence-corrected chi connectivity index (χ0v) is 11.3. The lowest BCUT2D eigenvalue weighted by molar-refractivity contribution is -0.137. The van der Waals surface area contributed by atoms with Gasteiger partial charge in [-0.2, -0.15) is 0 Å². The van der Waals surface area contributed by atoms with E-state index in [0.29, 0.717) is 12.5 Å².